The Kier molecular flexibility index (Phi) is 3.54. The van der Waals surface area contributed by atoms with E-state index in [0.717, 1.165) is 44.1 Å². The molecule has 1 saturated carbocycles. The molecule has 1 spiro atoms. The van der Waals surface area contributed by atoms with E-state index in [1.165, 1.54) is 7.11 Å². The Labute approximate surface area is 109 Å². The Morgan fingerprint density at radius 3 is 2.61 bits per heavy atom. The van der Waals surface area contributed by atoms with E-state index in [4.69, 9.17) is 4.74 Å². The SMILES string of the molecule is COC(=O)C1=CC[C@@]2(CCC[C@]2(O)C(C)C)CC1. The third-order valence-corrected chi connectivity index (χ3v) is 5.15. The summed E-state index contributed by atoms with van der Waals surface area (Å²) in [6.45, 7) is 4.21. The van der Waals surface area contributed by atoms with Crippen molar-refractivity contribution in [2.75, 3.05) is 7.11 Å². The highest BCUT2D eigenvalue weighted by molar-refractivity contribution is 5.88. The smallest absolute Gasteiger partial charge is 0.333 e. The highest BCUT2D eigenvalue weighted by Gasteiger charge is 2.55. The van der Waals surface area contributed by atoms with Crippen molar-refractivity contribution in [2.45, 2.75) is 58.0 Å². The molecule has 102 valence electrons. The van der Waals surface area contributed by atoms with E-state index < -0.39 is 5.60 Å². The Balaban J connectivity index is 2.21. The molecule has 0 aromatic rings. The highest BCUT2D eigenvalue weighted by Crippen LogP contribution is 2.57. The van der Waals surface area contributed by atoms with Crippen LogP contribution < -0.4 is 0 Å². The van der Waals surface area contributed by atoms with Crippen molar-refractivity contribution < 1.29 is 14.6 Å². The maximum Gasteiger partial charge on any atom is 0.333 e. The molecule has 0 heterocycles. The first-order chi connectivity index (χ1) is 8.45. The van der Waals surface area contributed by atoms with E-state index in [1.807, 2.05) is 6.08 Å². The zero-order valence-corrected chi connectivity index (χ0v) is 11.7. The van der Waals surface area contributed by atoms with Gasteiger partial charge in [-0.2, -0.15) is 0 Å². The fourth-order valence-electron chi connectivity index (χ4n) is 3.91. The molecule has 3 heteroatoms. The third kappa shape index (κ3) is 1.89. The quantitative estimate of drug-likeness (QED) is 0.769. The molecule has 0 unspecified atom stereocenters. The van der Waals surface area contributed by atoms with Gasteiger partial charge in [-0.15, -0.1) is 0 Å². The van der Waals surface area contributed by atoms with Gasteiger partial charge in [0.15, 0.2) is 0 Å². The molecule has 0 bridgehead atoms. The van der Waals surface area contributed by atoms with Gasteiger partial charge < -0.3 is 9.84 Å². The number of hydrogen-bond acceptors (Lipinski definition) is 3. The van der Waals surface area contributed by atoms with E-state index in [9.17, 15) is 9.90 Å². The molecular weight excluding hydrogens is 228 g/mol. The second-order valence-corrected chi connectivity index (χ2v) is 6.14. The zero-order chi connectivity index (χ0) is 13.4. The van der Waals surface area contributed by atoms with Gasteiger partial charge in [0, 0.05) is 11.0 Å². The lowest BCUT2D eigenvalue weighted by molar-refractivity contribution is -0.137. The second-order valence-electron chi connectivity index (χ2n) is 6.14. The highest BCUT2D eigenvalue weighted by atomic mass is 16.5. The number of rotatable bonds is 2. The number of hydrogen-bond donors (Lipinski definition) is 1. The van der Waals surface area contributed by atoms with Crippen molar-refractivity contribution in [1.29, 1.82) is 0 Å². The molecule has 0 amide bonds. The number of allylic oxidation sites excluding steroid dienone is 1. The van der Waals surface area contributed by atoms with Crippen molar-refractivity contribution in [2.24, 2.45) is 11.3 Å². The summed E-state index contributed by atoms with van der Waals surface area (Å²) in [7, 11) is 1.42. The monoisotopic (exact) mass is 252 g/mol. The molecular formula is C15H24O3. The minimum Gasteiger partial charge on any atom is -0.466 e. The lowest BCUT2D eigenvalue weighted by Gasteiger charge is -2.47. The summed E-state index contributed by atoms with van der Waals surface area (Å²) < 4.78 is 4.77. The average Bonchev–Trinajstić information content (AvgIpc) is 2.68. The molecule has 18 heavy (non-hydrogen) atoms. The van der Waals surface area contributed by atoms with Crippen molar-refractivity contribution in [3.05, 3.63) is 11.6 Å². The molecule has 2 rings (SSSR count). The van der Waals surface area contributed by atoms with E-state index in [2.05, 4.69) is 13.8 Å². The standard InChI is InChI=1S/C15H24O3/c1-11(2)15(17)8-4-7-14(15)9-5-12(6-10-14)13(16)18-3/h5,11,17H,4,6-10H2,1-3H3/t14-,15-/m0/s1. The normalized spacial score (nSPS) is 35.9. The summed E-state index contributed by atoms with van der Waals surface area (Å²) in [6, 6.07) is 0. The Morgan fingerprint density at radius 1 is 1.39 bits per heavy atom. The summed E-state index contributed by atoms with van der Waals surface area (Å²) in [5.74, 6) is 0.0593. The number of methoxy groups -OCH3 is 1. The van der Waals surface area contributed by atoms with Crippen LogP contribution in [-0.2, 0) is 9.53 Å². The summed E-state index contributed by atoms with van der Waals surface area (Å²) in [5, 5.41) is 11.0. The molecule has 2 aliphatic rings. The van der Waals surface area contributed by atoms with Gasteiger partial charge in [-0.3, -0.25) is 0 Å². The molecule has 3 nitrogen and oxygen atoms in total. The second kappa shape index (κ2) is 4.69. The van der Waals surface area contributed by atoms with Gasteiger partial charge >= 0.3 is 5.97 Å². The number of carbonyl (C=O) groups is 1. The molecule has 2 aliphatic carbocycles. The van der Waals surface area contributed by atoms with Crippen LogP contribution in [0.1, 0.15) is 52.4 Å². The summed E-state index contributed by atoms with van der Waals surface area (Å²) in [4.78, 5) is 11.5. The van der Waals surface area contributed by atoms with Crippen molar-refractivity contribution in [1.82, 2.24) is 0 Å². The number of carbonyl (C=O) groups excluding carboxylic acids is 1. The van der Waals surface area contributed by atoms with Crippen LogP contribution in [0.2, 0.25) is 0 Å². The van der Waals surface area contributed by atoms with Crippen LogP contribution >= 0.6 is 0 Å². The van der Waals surface area contributed by atoms with Gasteiger partial charge in [0.25, 0.3) is 0 Å². The van der Waals surface area contributed by atoms with Crippen molar-refractivity contribution >= 4 is 5.97 Å². The molecule has 0 radical (unpaired) electrons. The topological polar surface area (TPSA) is 46.5 Å². The molecule has 1 N–H and O–H groups in total. The minimum atomic E-state index is -0.564. The first-order valence-electron chi connectivity index (χ1n) is 6.95. The Morgan fingerprint density at radius 2 is 2.11 bits per heavy atom. The van der Waals surface area contributed by atoms with Crippen LogP contribution in [0.3, 0.4) is 0 Å². The predicted octanol–water partition coefficient (Wildman–Crippen LogP) is 2.83. The van der Waals surface area contributed by atoms with Crippen LogP contribution in [0.25, 0.3) is 0 Å². The minimum absolute atomic E-state index is 0.0152. The molecule has 0 aromatic carbocycles. The molecule has 2 atom stereocenters. The summed E-state index contributed by atoms with van der Waals surface area (Å²) >= 11 is 0. The van der Waals surface area contributed by atoms with E-state index >= 15 is 0 Å². The van der Waals surface area contributed by atoms with Gasteiger partial charge in [0.05, 0.1) is 12.7 Å². The maximum absolute atomic E-state index is 11.5. The first kappa shape index (κ1) is 13.6. The van der Waals surface area contributed by atoms with Crippen LogP contribution in [0.5, 0.6) is 0 Å². The zero-order valence-electron chi connectivity index (χ0n) is 11.7. The van der Waals surface area contributed by atoms with Crippen molar-refractivity contribution in [3.63, 3.8) is 0 Å². The lowest BCUT2D eigenvalue weighted by atomic mass is 9.62. The van der Waals surface area contributed by atoms with Gasteiger partial charge in [0.1, 0.15) is 0 Å². The van der Waals surface area contributed by atoms with Gasteiger partial charge in [-0.1, -0.05) is 19.9 Å². The molecule has 1 fully saturated rings. The number of ether oxygens (including phenoxy) is 1. The van der Waals surface area contributed by atoms with Crippen molar-refractivity contribution in [3.8, 4) is 0 Å². The van der Waals surface area contributed by atoms with E-state index in [-0.39, 0.29) is 17.3 Å². The summed E-state index contributed by atoms with van der Waals surface area (Å²) in [5.41, 5.74) is 0.199. The van der Waals surface area contributed by atoms with Crippen LogP contribution in [0.15, 0.2) is 11.6 Å². The van der Waals surface area contributed by atoms with E-state index in [0.29, 0.717) is 0 Å². The van der Waals surface area contributed by atoms with Gasteiger partial charge in [0.2, 0.25) is 0 Å². The number of esters is 1. The van der Waals surface area contributed by atoms with Crippen LogP contribution in [0.4, 0.5) is 0 Å². The number of aliphatic hydroxyl groups is 1. The van der Waals surface area contributed by atoms with Gasteiger partial charge in [-0.25, -0.2) is 4.79 Å². The first-order valence-corrected chi connectivity index (χ1v) is 6.95. The van der Waals surface area contributed by atoms with Crippen LogP contribution in [-0.4, -0.2) is 23.8 Å². The maximum atomic E-state index is 11.5. The lowest BCUT2D eigenvalue weighted by Crippen LogP contribution is -2.49. The Hall–Kier alpha value is -0.830. The fourth-order valence-corrected chi connectivity index (χ4v) is 3.91. The van der Waals surface area contributed by atoms with Gasteiger partial charge in [-0.05, 0) is 44.4 Å². The molecule has 0 aliphatic heterocycles. The summed E-state index contributed by atoms with van der Waals surface area (Å²) in [6.07, 6.45) is 7.51. The average molecular weight is 252 g/mol. The molecule has 0 aromatic heterocycles. The van der Waals surface area contributed by atoms with E-state index in [1.54, 1.807) is 0 Å². The fraction of sp³-hybridized carbons (Fsp3) is 0.800. The predicted molar refractivity (Wildman–Crippen MR) is 70.0 cm³/mol. The largest absolute Gasteiger partial charge is 0.466 e. The molecule has 0 saturated heterocycles. The Bertz CT molecular complexity index is 372. The van der Waals surface area contributed by atoms with Crippen LogP contribution in [0, 0.1) is 11.3 Å². The third-order valence-electron chi connectivity index (χ3n) is 5.15.